The fourth-order valence-corrected chi connectivity index (χ4v) is 7.50. The third-order valence-electron chi connectivity index (χ3n) is 11.7. The van der Waals surface area contributed by atoms with Crippen LogP contribution in [0.2, 0.25) is 0 Å². The fourth-order valence-electron chi connectivity index (χ4n) is 7.50. The zero-order valence-electron chi connectivity index (χ0n) is 41.5. The first-order valence-corrected chi connectivity index (χ1v) is 25.6. The van der Waals surface area contributed by atoms with Crippen LogP contribution < -0.4 is 5.32 Å². The van der Waals surface area contributed by atoms with Crippen LogP contribution in [0.25, 0.3) is 0 Å². The molecular weight excluding hydrogens is 883 g/mol. The van der Waals surface area contributed by atoms with Crippen molar-refractivity contribution in [1.82, 2.24) is 5.32 Å². The van der Waals surface area contributed by atoms with E-state index in [1.54, 1.807) is 6.08 Å². The quantitative estimate of drug-likeness (QED) is 0.0228. The maximum atomic E-state index is 13.2. The van der Waals surface area contributed by atoms with E-state index in [0.29, 0.717) is 12.8 Å². The van der Waals surface area contributed by atoms with Crippen LogP contribution in [0.3, 0.4) is 0 Å². The minimum atomic E-state index is -1.80. The van der Waals surface area contributed by atoms with E-state index in [1.807, 2.05) is 6.08 Å². The van der Waals surface area contributed by atoms with E-state index in [2.05, 4.69) is 116 Å². The molecule has 0 bridgehead atoms. The second-order valence-electron chi connectivity index (χ2n) is 17.5. The van der Waals surface area contributed by atoms with Crippen molar-refractivity contribution in [2.75, 3.05) is 19.8 Å². The van der Waals surface area contributed by atoms with Crippen molar-refractivity contribution >= 4 is 5.91 Å². The molecule has 0 radical (unpaired) electrons. The molecule has 0 spiro atoms. The standard InChI is InChI=1S/C55H89NO13/c1-3-5-7-9-11-13-15-17-19-20-21-22-23-24-25-27-29-31-33-35-37-39-47(60)56-43(44(59)38-36-34-32-30-28-26-18-16-14-12-10-8-6-4-2)42-66-54-52(65)50(63)53(46(41-58)68-54)69-55-51(64)49(62)48(61)45(40-57)67-55/h5,7,11,13-14,16-17,19,21-22,24-25,28-31,36,38,43-46,48-55,57-59,61-65H,3-4,6,8-10,12,15,18,20,23,26-27,32-35,37,39-42H2,1-2H3,(H,56,60)/b7-5-,13-11-,16-14+,19-17-,22-21-,25-24-,30-28+,31-29-,38-36+. The first-order valence-electron chi connectivity index (χ1n) is 25.6. The van der Waals surface area contributed by atoms with Crippen LogP contribution in [0.15, 0.2) is 109 Å². The van der Waals surface area contributed by atoms with Crippen molar-refractivity contribution in [3.8, 4) is 0 Å². The van der Waals surface area contributed by atoms with Crippen LogP contribution in [0, 0.1) is 0 Å². The minimum Gasteiger partial charge on any atom is -0.394 e. The van der Waals surface area contributed by atoms with Gasteiger partial charge in [-0.05, 0) is 96.3 Å². The van der Waals surface area contributed by atoms with Crippen molar-refractivity contribution < 1.29 is 64.6 Å². The van der Waals surface area contributed by atoms with Crippen molar-refractivity contribution in [2.24, 2.45) is 0 Å². The minimum absolute atomic E-state index is 0.208. The third-order valence-corrected chi connectivity index (χ3v) is 11.7. The normalized spacial score (nSPS) is 27.1. The zero-order valence-corrected chi connectivity index (χ0v) is 41.5. The Balaban J connectivity index is 1.88. The molecule has 0 aromatic rings. The van der Waals surface area contributed by atoms with Gasteiger partial charge in [-0.15, -0.1) is 0 Å². The molecular formula is C55H89NO13. The van der Waals surface area contributed by atoms with Gasteiger partial charge in [0.1, 0.15) is 48.8 Å². The maximum Gasteiger partial charge on any atom is 0.220 e. The molecule has 1 amide bonds. The first kappa shape index (κ1) is 61.8. The summed E-state index contributed by atoms with van der Waals surface area (Å²) in [6.07, 6.45) is 38.4. The Bertz CT molecular complexity index is 1570. The zero-order chi connectivity index (χ0) is 50.3. The Kier molecular flexibility index (Phi) is 36.0. The first-order chi connectivity index (χ1) is 33.6. The Morgan fingerprint density at radius 3 is 1.57 bits per heavy atom. The molecule has 2 aliphatic rings. The summed E-state index contributed by atoms with van der Waals surface area (Å²) in [5, 5.41) is 86.7. The topological polar surface area (TPSA) is 228 Å². The summed E-state index contributed by atoms with van der Waals surface area (Å²) in [6, 6.07) is -0.968. The fraction of sp³-hybridized carbons (Fsp3) is 0.655. The number of hydrogen-bond acceptors (Lipinski definition) is 13. The largest absolute Gasteiger partial charge is 0.394 e. The number of carbonyl (C=O) groups is 1. The lowest BCUT2D eigenvalue weighted by Gasteiger charge is -2.46. The summed E-state index contributed by atoms with van der Waals surface area (Å²) in [7, 11) is 0. The number of allylic oxidation sites excluding steroid dienone is 17. The number of rotatable bonds is 37. The summed E-state index contributed by atoms with van der Waals surface area (Å²) in [5.74, 6) is -0.303. The molecule has 9 N–H and O–H groups in total. The Morgan fingerprint density at radius 2 is 1.01 bits per heavy atom. The van der Waals surface area contributed by atoms with E-state index in [4.69, 9.17) is 18.9 Å². The average molecular weight is 972 g/mol. The van der Waals surface area contributed by atoms with Gasteiger partial charge in [0.25, 0.3) is 0 Å². The summed E-state index contributed by atoms with van der Waals surface area (Å²) in [4.78, 5) is 13.2. The highest BCUT2D eigenvalue weighted by atomic mass is 16.7. The van der Waals surface area contributed by atoms with Crippen molar-refractivity contribution in [1.29, 1.82) is 0 Å². The van der Waals surface area contributed by atoms with Gasteiger partial charge in [0.2, 0.25) is 5.91 Å². The van der Waals surface area contributed by atoms with Gasteiger partial charge in [-0.25, -0.2) is 0 Å². The smallest absolute Gasteiger partial charge is 0.220 e. The van der Waals surface area contributed by atoms with E-state index in [1.165, 1.54) is 25.7 Å². The van der Waals surface area contributed by atoms with Gasteiger partial charge in [0, 0.05) is 6.42 Å². The second kappa shape index (κ2) is 40.3. The molecule has 0 aliphatic carbocycles. The van der Waals surface area contributed by atoms with Crippen LogP contribution in [-0.2, 0) is 23.7 Å². The third kappa shape index (κ3) is 27.2. The van der Waals surface area contributed by atoms with Gasteiger partial charge in [-0.2, -0.15) is 0 Å². The molecule has 0 saturated carbocycles. The van der Waals surface area contributed by atoms with Gasteiger partial charge in [0.05, 0.1) is 32.0 Å². The lowest BCUT2D eigenvalue weighted by Crippen LogP contribution is -2.65. The van der Waals surface area contributed by atoms with Crippen molar-refractivity contribution in [2.45, 2.75) is 209 Å². The molecule has 392 valence electrons. The van der Waals surface area contributed by atoms with Crippen molar-refractivity contribution in [3.05, 3.63) is 109 Å². The summed E-state index contributed by atoms with van der Waals surface area (Å²) < 4.78 is 22.6. The molecule has 0 aromatic heterocycles. The van der Waals surface area contributed by atoms with Gasteiger partial charge in [-0.3, -0.25) is 4.79 Å². The Hall–Kier alpha value is -3.35. The van der Waals surface area contributed by atoms with Gasteiger partial charge >= 0.3 is 0 Å². The maximum absolute atomic E-state index is 13.2. The predicted octanol–water partition coefficient (Wildman–Crippen LogP) is 6.93. The molecule has 14 heteroatoms. The molecule has 2 heterocycles. The Labute approximate surface area is 413 Å². The number of ether oxygens (including phenoxy) is 4. The highest BCUT2D eigenvalue weighted by Crippen LogP contribution is 2.30. The van der Waals surface area contributed by atoms with Crippen molar-refractivity contribution in [3.63, 3.8) is 0 Å². The van der Waals surface area contributed by atoms with E-state index < -0.39 is 86.8 Å². The number of unbranched alkanes of at least 4 members (excludes halogenated alkanes) is 8. The molecule has 14 nitrogen and oxygen atoms in total. The highest BCUT2D eigenvalue weighted by molar-refractivity contribution is 5.76. The number of amides is 1. The number of carbonyl (C=O) groups excluding carboxylic acids is 1. The van der Waals surface area contributed by atoms with Crippen LogP contribution >= 0.6 is 0 Å². The number of nitrogens with one attached hydrogen (secondary N) is 1. The Morgan fingerprint density at radius 1 is 0.536 bits per heavy atom. The summed E-state index contributed by atoms with van der Waals surface area (Å²) in [6.45, 7) is 2.56. The lowest BCUT2D eigenvalue weighted by atomic mass is 9.97. The SMILES string of the molecule is CC/C=C\C/C=C\C/C=C\C/C=C\C/C=C\C/C=C\CCCCC(=O)NC(COC1OC(CO)C(OC2OC(CO)C(O)C(O)C2O)C(O)C1O)C(O)/C=C/CC/C=C/CC/C=C/CCCCCC. The average Bonchev–Trinajstić information content (AvgIpc) is 3.35. The predicted molar refractivity (Wildman–Crippen MR) is 272 cm³/mol. The summed E-state index contributed by atoms with van der Waals surface area (Å²) in [5.41, 5.74) is 0. The molecule has 2 rings (SSSR count). The van der Waals surface area contributed by atoms with E-state index >= 15 is 0 Å². The van der Waals surface area contributed by atoms with Gasteiger partial charge < -0.3 is 65.1 Å². The second-order valence-corrected chi connectivity index (χ2v) is 17.5. The number of hydrogen-bond donors (Lipinski definition) is 9. The van der Waals surface area contributed by atoms with Crippen LogP contribution in [0.1, 0.15) is 136 Å². The molecule has 12 unspecified atom stereocenters. The van der Waals surface area contributed by atoms with Crippen LogP contribution in [0.4, 0.5) is 0 Å². The van der Waals surface area contributed by atoms with Crippen LogP contribution in [-0.4, -0.2) is 140 Å². The van der Waals surface area contributed by atoms with E-state index in [9.17, 15) is 45.6 Å². The van der Waals surface area contributed by atoms with E-state index in [0.717, 1.165) is 77.0 Å². The van der Waals surface area contributed by atoms with Crippen LogP contribution in [0.5, 0.6) is 0 Å². The molecule has 2 saturated heterocycles. The van der Waals surface area contributed by atoms with E-state index in [-0.39, 0.29) is 18.9 Å². The molecule has 2 fully saturated rings. The molecule has 12 atom stereocenters. The highest BCUT2D eigenvalue weighted by Gasteiger charge is 2.51. The number of aliphatic hydroxyl groups is 8. The number of aliphatic hydroxyl groups excluding tert-OH is 8. The molecule has 69 heavy (non-hydrogen) atoms. The monoisotopic (exact) mass is 972 g/mol. The summed E-state index contributed by atoms with van der Waals surface area (Å²) >= 11 is 0. The van der Waals surface area contributed by atoms with Gasteiger partial charge in [0.15, 0.2) is 12.6 Å². The lowest BCUT2D eigenvalue weighted by molar-refractivity contribution is -0.359. The molecule has 0 aromatic carbocycles. The van der Waals surface area contributed by atoms with Gasteiger partial charge in [-0.1, -0.05) is 142 Å². The molecule has 2 aliphatic heterocycles.